The van der Waals surface area contributed by atoms with Gasteiger partial charge in [0.2, 0.25) is 11.0 Å². The van der Waals surface area contributed by atoms with Crippen molar-refractivity contribution in [2.45, 2.75) is 50.9 Å². The topological polar surface area (TPSA) is 89.0 Å². The van der Waals surface area contributed by atoms with Crippen LogP contribution < -0.4 is 5.32 Å². The van der Waals surface area contributed by atoms with Crippen molar-refractivity contribution in [3.8, 4) is 0 Å². The van der Waals surface area contributed by atoms with Gasteiger partial charge in [-0.2, -0.15) is 0 Å². The van der Waals surface area contributed by atoms with Gasteiger partial charge in [-0.25, -0.2) is 8.42 Å². The van der Waals surface area contributed by atoms with Gasteiger partial charge in [-0.1, -0.05) is 30.6 Å². The van der Waals surface area contributed by atoms with Gasteiger partial charge in [0.05, 0.1) is 11.5 Å². The molecule has 0 bridgehead atoms. The lowest BCUT2D eigenvalue weighted by Gasteiger charge is -2.18. The molecule has 2 heterocycles. The fourth-order valence-corrected chi connectivity index (χ4v) is 6.06. The molecule has 0 radical (unpaired) electrons. The molecule has 2 aliphatic rings. The zero-order valence-electron chi connectivity index (χ0n) is 12.5. The van der Waals surface area contributed by atoms with Gasteiger partial charge < -0.3 is 5.32 Å². The van der Waals surface area contributed by atoms with Gasteiger partial charge in [0.15, 0.2) is 9.84 Å². The number of rotatable bonds is 4. The molecule has 1 aromatic rings. The highest BCUT2D eigenvalue weighted by Crippen LogP contribution is 2.35. The molecule has 122 valence electrons. The van der Waals surface area contributed by atoms with Crippen LogP contribution in [0.4, 0.5) is 5.13 Å². The van der Waals surface area contributed by atoms with E-state index < -0.39 is 9.84 Å². The van der Waals surface area contributed by atoms with Crippen molar-refractivity contribution in [3.05, 3.63) is 5.01 Å². The van der Waals surface area contributed by atoms with Crippen LogP contribution in [0.2, 0.25) is 0 Å². The first-order chi connectivity index (χ1) is 10.5. The predicted octanol–water partition coefficient (Wildman–Crippen LogP) is 2.35. The number of amides is 1. The summed E-state index contributed by atoms with van der Waals surface area (Å²) >= 11 is 1.45. The zero-order valence-corrected chi connectivity index (χ0v) is 14.1. The summed E-state index contributed by atoms with van der Waals surface area (Å²) < 4.78 is 22.8. The van der Waals surface area contributed by atoms with Crippen LogP contribution in [0.5, 0.6) is 0 Å². The molecule has 8 heteroatoms. The SMILES string of the molecule is O=C(C[C@H]1CCS(=O)(=O)C1)Nc1nnc(C2CCCCC2)s1. The van der Waals surface area contributed by atoms with Gasteiger partial charge in [0.25, 0.3) is 0 Å². The van der Waals surface area contributed by atoms with Crippen LogP contribution in [0, 0.1) is 5.92 Å². The summed E-state index contributed by atoms with van der Waals surface area (Å²) in [4.78, 5) is 12.0. The first kappa shape index (κ1) is 15.9. The molecule has 1 atom stereocenters. The molecule has 6 nitrogen and oxygen atoms in total. The van der Waals surface area contributed by atoms with Crippen molar-refractivity contribution in [2.75, 3.05) is 16.8 Å². The van der Waals surface area contributed by atoms with E-state index in [1.54, 1.807) is 0 Å². The van der Waals surface area contributed by atoms with E-state index in [0.29, 0.717) is 17.5 Å². The van der Waals surface area contributed by atoms with Crippen molar-refractivity contribution >= 4 is 32.2 Å². The summed E-state index contributed by atoms with van der Waals surface area (Å²) in [6.45, 7) is 0. The third-order valence-electron chi connectivity index (χ3n) is 4.44. The maximum absolute atomic E-state index is 12.0. The fraction of sp³-hybridized carbons (Fsp3) is 0.786. The highest BCUT2D eigenvalue weighted by molar-refractivity contribution is 7.91. The normalized spacial score (nSPS) is 25.2. The Morgan fingerprint density at radius 1 is 1.18 bits per heavy atom. The van der Waals surface area contributed by atoms with E-state index in [9.17, 15) is 13.2 Å². The largest absolute Gasteiger partial charge is 0.301 e. The zero-order chi connectivity index (χ0) is 15.6. The molecule has 1 aliphatic carbocycles. The van der Waals surface area contributed by atoms with Crippen LogP contribution in [-0.2, 0) is 14.6 Å². The van der Waals surface area contributed by atoms with E-state index in [-0.39, 0.29) is 29.8 Å². The second kappa shape index (κ2) is 6.62. The van der Waals surface area contributed by atoms with Crippen LogP contribution in [0.1, 0.15) is 55.9 Å². The molecule has 1 aromatic heterocycles. The minimum atomic E-state index is -2.93. The Kier molecular flexibility index (Phi) is 4.77. The third-order valence-corrected chi connectivity index (χ3v) is 7.28. The number of hydrogen-bond acceptors (Lipinski definition) is 6. The second-order valence-corrected chi connectivity index (χ2v) is 9.54. The van der Waals surface area contributed by atoms with E-state index in [1.807, 2.05) is 0 Å². The summed E-state index contributed by atoms with van der Waals surface area (Å²) in [6, 6.07) is 0. The van der Waals surface area contributed by atoms with Gasteiger partial charge in [0, 0.05) is 12.3 Å². The molecule has 0 spiro atoms. The number of aromatic nitrogens is 2. The van der Waals surface area contributed by atoms with Crippen molar-refractivity contribution in [3.63, 3.8) is 0 Å². The van der Waals surface area contributed by atoms with Crippen LogP contribution in [-0.4, -0.2) is 36.0 Å². The standard InChI is InChI=1S/C14H21N3O3S2/c18-12(8-10-6-7-22(19,20)9-10)15-14-17-16-13(21-14)11-4-2-1-3-5-11/h10-11H,1-9H2,(H,15,17,18)/t10-/m1/s1. The minimum Gasteiger partial charge on any atom is -0.301 e. The molecule has 3 rings (SSSR count). The minimum absolute atomic E-state index is 0.0595. The van der Waals surface area contributed by atoms with Crippen molar-refractivity contribution in [1.82, 2.24) is 10.2 Å². The molecule has 1 saturated heterocycles. The summed E-state index contributed by atoms with van der Waals surface area (Å²) in [7, 11) is -2.93. The molecule has 1 saturated carbocycles. The van der Waals surface area contributed by atoms with E-state index in [1.165, 1.54) is 30.6 Å². The Labute approximate surface area is 134 Å². The van der Waals surface area contributed by atoms with Gasteiger partial charge in [-0.3, -0.25) is 4.79 Å². The number of nitrogens with zero attached hydrogens (tertiary/aromatic N) is 2. The van der Waals surface area contributed by atoms with E-state index in [2.05, 4.69) is 15.5 Å². The Morgan fingerprint density at radius 3 is 2.64 bits per heavy atom. The van der Waals surface area contributed by atoms with Gasteiger partial charge in [-0.05, 0) is 25.2 Å². The van der Waals surface area contributed by atoms with Gasteiger partial charge in [-0.15, -0.1) is 10.2 Å². The predicted molar refractivity (Wildman–Crippen MR) is 85.7 cm³/mol. The average molecular weight is 343 g/mol. The Hall–Kier alpha value is -1.02. The molecular weight excluding hydrogens is 322 g/mol. The maximum Gasteiger partial charge on any atom is 0.226 e. The van der Waals surface area contributed by atoms with Crippen LogP contribution in [0.3, 0.4) is 0 Å². The van der Waals surface area contributed by atoms with E-state index in [0.717, 1.165) is 17.8 Å². The number of hydrogen-bond donors (Lipinski definition) is 1. The molecule has 0 unspecified atom stereocenters. The summed E-state index contributed by atoms with van der Waals surface area (Å²) in [6.07, 6.45) is 6.91. The number of carbonyl (C=O) groups excluding carboxylic acids is 1. The quantitative estimate of drug-likeness (QED) is 0.906. The van der Waals surface area contributed by atoms with Crippen LogP contribution in [0.25, 0.3) is 0 Å². The van der Waals surface area contributed by atoms with Crippen molar-refractivity contribution in [2.24, 2.45) is 5.92 Å². The fourth-order valence-electron chi connectivity index (χ4n) is 3.27. The molecule has 2 fully saturated rings. The Morgan fingerprint density at radius 2 is 1.95 bits per heavy atom. The number of nitrogens with one attached hydrogen (secondary N) is 1. The number of carbonyl (C=O) groups is 1. The van der Waals surface area contributed by atoms with Crippen molar-refractivity contribution < 1.29 is 13.2 Å². The first-order valence-electron chi connectivity index (χ1n) is 7.85. The number of anilines is 1. The lowest BCUT2D eigenvalue weighted by Crippen LogP contribution is -2.17. The monoisotopic (exact) mass is 343 g/mol. The smallest absolute Gasteiger partial charge is 0.226 e. The molecule has 1 N–H and O–H groups in total. The molecule has 22 heavy (non-hydrogen) atoms. The second-order valence-electron chi connectivity index (χ2n) is 6.30. The lowest BCUT2D eigenvalue weighted by molar-refractivity contribution is -0.116. The lowest BCUT2D eigenvalue weighted by atomic mass is 9.90. The molecule has 1 amide bonds. The van der Waals surface area contributed by atoms with E-state index >= 15 is 0 Å². The van der Waals surface area contributed by atoms with Crippen LogP contribution in [0.15, 0.2) is 0 Å². The molecule has 1 aliphatic heterocycles. The van der Waals surface area contributed by atoms with Crippen molar-refractivity contribution in [1.29, 1.82) is 0 Å². The molecular formula is C14H21N3O3S2. The molecule has 0 aromatic carbocycles. The Bertz CT molecular complexity index is 636. The first-order valence-corrected chi connectivity index (χ1v) is 10.5. The maximum atomic E-state index is 12.0. The number of sulfone groups is 1. The summed E-state index contributed by atoms with van der Waals surface area (Å²) in [5, 5.41) is 12.6. The van der Waals surface area contributed by atoms with Gasteiger partial charge >= 0.3 is 0 Å². The summed E-state index contributed by atoms with van der Waals surface area (Å²) in [5.41, 5.74) is 0. The average Bonchev–Trinajstić information content (AvgIpc) is 3.06. The highest BCUT2D eigenvalue weighted by Gasteiger charge is 2.29. The summed E-state index contributed by atoms with van der Waals surface area (Å²) in [5.74, 6) is 0.598. The highest BCUT2D eigenvalue weighted by atomic mass is 32.2. The van der Waals surface area contributed by atoms with Gasteiger partial charge in [0.1, 0.15) is 5.01 Å². The third kappa shape index (κ3) is 4.04. The van der Waals surface area contributed by atoms with E-state index in [4.69, 9.17) is 0 Å². The Balaban J connectivity index is 1.52. The van der Waals surface area contributed by atoms with Crippen LogP contribution >= 0.6 is 11.3 Å².